The van der Waals surface area contributed by atoms with Gasteiger partial charge in [-0.2, -0.15) is 5.10 Å². The highest BCUT2D eigenvalue weighted by Gasteiger charge is 2.05. The second-order valence-electron chi connectivity index (χ2n) is 4.09. The molecular formula is C14H12Br2N2O3. The van der Waals surface area contributed by atoms with E-state index < -0.39 is 0 Å². The van der Waals surface area contributed by atoms with Crippen LogP contribution < -0.4 is 10.2 Å². The van der Waals surface area contributed by atoms with Gasteiger partial charge >= 0.3 is 0 Å². The van der Waals surface area contributed by atoms with Gasteiger partial charge in [-0.15, -0.1) is 0 Å². The SMILES string of the molecule is COc1cccc(CC(=O)NN=Cc2cc(Br)c(Br)o2)c1. The molecule has 0 unspecified atom stereocenters. The molecule has 0 fully saturated rings. The van der Waals surface area contributed by atoms with Gasteiger partial charge in [0.05, 0.1) is 24.2 Å². The van der Waals surface area contributed by atoms with Gasteiger partial charge in [-0.1, -0.05) is 12.1 Å². The van der Waals surface area contributed by atoms with Crippen molar-refractivity contribution >= 4 is 44.0 Å². The molecule has 0 bridgehead atoms. The van der Waals surface area contributed by atoms with Crippen molar-refractivity contribution in [2.75, 3.05) is 7.11 Å². The van der Waals surface area contributed by atoms with Crippen LogP contribution in [-0.4, -0.2) is 19.2 Å². The Morgan fingerprint density at radius 2 is 2.24 bits per heavy atom. The van der Waals surface area contributed by atoms with Gasteiger partial charge in [0, 0.05) is 6.07 Å². The van der Waals surface area contributed by atoms with E-state index in [2.05, 4.69) is 42.4 Å². The molecule has 110 valence electrons. The number of rotatable bonds is 5. The summed E-state index contributed by atoms with van der Waals surface area (Å²) in [4.78, 5) is 11.8. The lowest BCUT2D eigenvalue weighted by Crippen LogP contribution is -2.19. The molecule has 0 saturated carbocycles. The van der Waals surface area contributed by atoms with Crippen molar-refractivity contribution in [2.24, 2.45) is 5.10 Å². The van der Waals surface area contributed by atoms with E-state index >= 15 is 0 Å². The Hall–Kier alpha value is -1.60. The summed E-state index contributed by atoms with van der Waals surface area (Å²) < 4.78 is 11.8. The predicted octanol–water partition coefficient (Wildman–Crippen LogP) is 3.51. The summed E-state index contributed by atoms with van der Waals surface area (Å²) in [5.74, 6) is 1.02. The number of hydrazone groups is 1. The molecule has 0 aliphatic heterocycles. The molecule has 1 aromatic carbocycles. The maximum Gasteiger partial charge on any atom is 0.244 e. The summed E-state index contributed by atoms with van der Waals surface area (Å²) in [5.41, 5.74) is 3.30. The summed E-state index contributed by atoms with van der Waals surface area (Å²) in [6.45, 7) is 0. The summed E-state index contributed by atoms with van der Waals surface area (Å²) in [5, 5.41) is 3.84. The van der Waals surface area contributed by atoms with Gasteiger partial charge in [-0.25, -0.2) is 5.43 Å². The topological polar surface area (TPSA) is 63.8 Å². The molecule has 1 N–H and O–H groups in total. The Labute approximate surface area is 138 Å². The first kappa shape index (κ1) is 15.8. The van der Waals surface area contributed by atoms with Crippen molar-refractivity contribution in [3.05, 3.63) is 50.8 Å². The van der Waals surface area contributed by atoms with Crippen molar-refractivity contribution in [1.29, 1.82) is 0 Å². The summed E-state index contributed by atoms with van der Waals surface area (Å²) in [7, 11) is 1.59. The van der Waals surface area contributed by atoms with Crippen LogP contribution in [0.5, 0.6) is 5.75 Å². The Bertz CT molecular complexity index is 648. The third kappa shape index (κ3) is 4.71. The summed E-state index contributed by atoms with van der Waals surface area (Å²) in [6, 6.07) is 9.06. The molecular weight excluding hydrogens is 404 g/mol. The van der Waals surface area contributed by atoms with E-state index in [9.17, 15) is 4.79 Å². The van der Waals surface area contributed by atoms with Crippen molar-refractivity contribution in [2.45, 2.75) is 6.42 Å². The number of hydrogen-bond donors (Lipinski definition) is 1. The molecule has 0 spiro atoms. The third-order valence-corrected chi connectivity index (χ3v) is 4.25. The maximum absolute atomic E-state index is 11.8. The number of methoxy groups -OCH3 is 1. The lowest BCUT2D eigenvalue weighted by atomic mass is 10.1. The summed E-state index contributed by atoms with van der Waals surface area (Å²) in [6.07, 6.45) is 1.65. The quantitative estimate of drug-likeness (QED) is 0.600. The molecule has 0 saturated heterocycles. The highest BCUT2D eigenvalue weighted by molar-refractivity contribution is 9.13. The van der Waals surface area contributed by atoms with Gasteiger partial charge in [0.15, 0.2) is 4.67 Å². The molecule has 5 nitrogen and oxygen atoms in total. The van der Waals surface area contributed by atoms with E-state index in [0.29, 0.717) is 16.2 Å². The fraction of sp³-hybridized carbons (Fsp3) is 0.143. The third-order valence-electron chi connectivity index (χ3n) is 2.54. The zero-order chi connectivity index (χ0) is 15.2. The molecule has 2 aromatic rings. The molecule has 1 amide bonds. The second kappa shape index (κ2) is 7.42. The average molecular weight is 416 g/mol. The van der Waals surface area contributed by atoms with Crippen molar-refractivity contribution in [3.8, 4) is 5.75 Å². The van der Waals surface area contributed by atoms with E-state index in [1.165, 1.54) is 6.21 Å². The van der Waals surface area contributed by atoms with Gasteiger partial charge in [0.25, 0.3) is 0 Å². The minimum atomic E-state index is -0.218. The normalized spacial score (nSPS) is 10.8. The van der Waals surface area contributed by atoms with Crippen LogP contribution >= 0.6 is 31.9 Å². The lowest BCUT2D eigenvalue weighted by molar-refractivity contribution is -0.120. The van der Waals surface area contributed by atoms with Gasteiger partial charge in [-0.05, 0) is 49.6 Å². The van der Waals surface area contributed by atoms with Crippen molar-refractivity contribution in [1.82, 2.24) is 5.43 Å². The Morgan fingerprint density at radius 1 is 1.43 bits per heavy atom. The Morgan fingerprint density at radius 3 is 2.90 bits per heavy atom. The number of amides is 1. The van der Waals surface area contributed by atoms with E-state index in [4.69, 9.17) is 9.15 Å². The first-order chi connectivity index (χ1) is 10.1. The molecule has 0 radical (unpaired) electrons. The molecule has 21 heavy (non-hydrogen) atoms. The monoisotopic (exact) mass is 414 g/mol. The van der Waals surface area contributed by atoms with Crippen molar-refractivity contribution < 1.29 is 13.9 Å². The highest BCUT2D eigenvalue weighted by atomic mass is 79.9. The first-order valence-corrected chi connectivity index (χ1v) is 7.57. The smallest absolute Gasteiger partial charge is 0.244 e. The number of benzene rings is 1. The van der Waals surface area contributed by atoms with Crippen LogP contribution in [0.2, 0.25) is 0 Å². The van der Waals surface area contributed by atoms with Crippen LogP contribution in [0.25, 0.3) is 0 Å². The fourth-order valence-corrected chi connectivity index (χ4v) is 2.21. The number of ether oxygens (including phenoxy) is 1. The van der Waals surface area contributed by atoms with Gasteiger partial charge in [-0.3, -0.25) is 4.79 Å². The number of nitrogens with zero attached hydrogens (tertiary/aromatic N) is 1. The van der Waals surface area contributed by atoms with Gasteiger partial charge in [0.1, 0.15) is 11.5 Å². The zero-order valence-corrected chi connectivity index (χ0v) is 14.3. The van der Waals surface area contributed by atoms with E-state index in [1.807, 2.05) is 24.3 Å². The number of nitrogens with one attached hydrogen (secondary N) is 1. The minimum Gasteiger partial charge on any atom is -0.497 e. The second-order valence-corrected chi connectivity index (χ2v) is 5.67. The molecule has 0 aliphatic rings. The number of hydrogen-bond acceptors (Lipinski definition) is 4. The average Bonchev–Trinajstić information content (AvgIpc) is 2.78. The first-order valence-electron chi connectivity index (χ1n) is 5.98. The summed E-state index contributed by atoms with van der Waals surface area (Å²) >= 11 is 6.51. The highest BCUT2D eigenvalue weighted by Crippen LogP contribution is 2.25. The largest absolute Gasteiger partial charge is 0.497 e. The number of furan rings is 1. The molecule has 0 atom stereocenters. The minimum absolute atomic E-state index is 0.218. The zero-order valence-electron chi connectivity index (χ0n) is 11.1. The van der Waals surface area contributed by atoms with Crippen LogP contribution in [-0.2, 0) is 11.2 Å². The van der Waals surface area contributed by atoms with Crippen LogP contribution in [0.15, 0.2) is 49.0 Å². The lowest BCUT2D eigenvalue weighted by Gasteiger charge is -2.03. The van der Waals surface area contributed by atoms with Crippen LogP contribution in [0.1, 0.15) is 11.3 Å². The van der Waals surface area contributed by atoms with Crippen molar-refractivity contribution in [3.63, 3.8) is 0 Å². The standard InChI is InChI=1S/C14H12Br2N2O3/c1-20-10-4-2-3-9(5-10)6-13(19)18-17-8-11-7-12(15)14(16)21-11/h2-5,7-8H,6H2,1H3,(H,18,19). The molecule has 1 heterocycles. The number of halogens is 2. The van der Waals surface area contributed by atoms with Crippen LogP contribution in [0, 0.1) is 0 Å². The predicted molar refractivity (Wildman–Crippen MR) is 86.5 cm³/mol. The van der Waals surface area contributed by atoms with Crippen LogP contribution in [0.4, 0.5) is 0 Å². The molecule has 2 rings (SSSR count). The van der Waals surface area contributed by atoms with E-state index in [-0.39, 0.29) is 12.3 Å². The van der Waals surface area contributed by atoms with Crippen LogP contribution in [0.3, 0.4) is 0 Å². The van der Waals surface area contributed by atoms with E-state index in [0.717, 1.165) is 10.0 Å². The Balaban J connectivity index is 1.89. The number of carbonyl (C=O) groups excluding carboxylic acids is 1. The Kier molecular flexibility index (Phi) is 5.58. The van der Waals surface area contributed by atoms with Gasteiger partial charge in [0.2, 0.25) is 5.91 Å². The van der Waals surface area contributed by atoms with Gasteiger partial charge < -0.3 is 9.15 Å². The number of carbonyl (C=O) groups is 1. The fourth-order valence-electron chi connectivity index (χ4n) is 1.60. The maximum atomic E-state index is 11.8. The molecule has 1 aromatic heterocycles. The van der Waals surface area contributed by atoms with E-state index in [1.54, 1.807) is 13.2 Å². The molecule has 0 aliphatic carbocycles. The molecule has 7 heteroatoms.